The summed E-state index contributed by atoms with van der Waals surface area (Å²) < 4.78 is 27.6. The van der Waals surface area contributed by atoms with Gasteiger partial charge in [0, 0.05) is 36.2 Å². The smallest absolute Gasteiger partial charge is 0.255 e. The fourth-order valence-electron chi connectivity index (χ4n) is 2.28. The summed E-state index contributed by atoms with van der Waals surface area (Å²) in [5.74, 6) is -0.411. The molecule has 1 aromatic carbocycles. The fourth-order valence-corrected chi connectivity index (χ4v) is 2.66. The van der Waals surface area contributed by atoms with Crippen molar-refractivity contribution in [2.75, 3.05) is 6.54 Å². The Hall–Kier alpha value is -2.02. The van der Waals surface area contributed by atoms with E-state index in [0.29, 0.717) is 4.47 Å². The SMILES string of the molecule is O=C(CCn1cc(Br)ccc1=O)N(Cc1ccccc1)CC(F)F. The number of hydrogen-bond donors (Lipinski definition) is 0. The highest BCUT2D eigenvalue weighted by atomic mass is 79.9. The zero-order valence-electron chi connectivity index (χ0n) is 12.9. The minimum absolute atomic E-state index is 0.0179. The van der Waals surface area contributed by atoms with E-state index in [1.54, 1.807) is 36.5 Å². The van der Waals surface area contributed by atoms with Crippen LogP contribution in [-0.2, 0) is 17.9 Å². The molecule has 0 radical (unpaired) electrons. The first-order valence-electron chi connectivity index (χ1n) is 7.41. The van der Waals surface area contributed by atoms with Crippen LogP contribution in [0.15, 0.2) is 57.9 Å². The third kappa shape index (κ3) is 5.56. The highest BCUT2D eigenvalue weighted by Crippen LogP contribution is 2.10. The lowest BCUT2D eigenvalue weighted by molar-refractivity contribution is -0.134. The Morgan fingerprint density at radius 1 is 1.17 bits per heavy atom. The minimum Gasteiger partial charge on any atom is -0.333 e. The molecule has 0 spiro atoms. The maximum atomic E-state index is 12.8. The average molecular weight is 399 g/mol. The number of alkyl halides is 2. The van der Waals surface area contributed by atoms with Crippen LogP contribution in [-0.4, -0.2) is 28.3 Å². The Balaban J connectivity index is 2.04. The Kier molecular flexibility index (Phi) is 6.66. The van der Waals surface area contributed by atoms with Crippen molar-refractivity contribution in [3.63, 3.8) is 0 Å². The summed E-state index contributed by atoms with van der Waals surface area (Å²) in [6, 6.07) is 12.0. The summed E-state index contributed by atoms with van der Waals surface area (Å²) in [5.41, 5.74) is 0.542. The summed E-state index contributed by atoms with van der Waals surface area (Å²) in [6.07, 6.45) is -1.05. The first kappa shape index (κ1) is 18.3. The van der Waals surface area contributed by atoms with E-state index in [-0.39, 0.29) is 25.1 Å². The number of aromatic nitrogens is 1. The predicted molar refractivity (Wildman–Crippen MR) is 90.9 cm³/mol. The average Bonchev–Trinajstić information content (AvgIpc) is 2.55. The quantitative estimate of drug-likeness (QED) is 0.717. The third-order valence-corrected chi connectivity index (χ3v) is 3.91. The molecular formula is C17H17BrF2N2O2. The number of nitrogens with zero attached hydrogens (tertiary/aromatic N) is 2. The van der Waals surface area contributed by atoms with Gasteiger partial charge in [-0.3, -0.25) is 9.59 Å². The second-order valence-electron chi connectivity index (χ2n) is 5.28. The molecule has 1 aromatic heterocycles. The molecule has 0 unspecified atom stereocenters. The molecule has 0 aliphatic rings. The Morgan fingerprint density at radius 2 is 1.88 bits per heavy atom. The van der Waals surface area contributed by atoms with Gasteiger partial charge in [0.2, 0.25) is 5.91 Å². The van der Waals surface area contributed by atoms with Crippen LogP contribution in [0.1, 0.15) is 12.0 Å². The van der Waals surface area contributed by atoms with E-state index >= 15 is 0 Å². The van der Waals surface area contributed by atoms with Crippen molar-refractivity contribution in [1.82, 2.24) is 9.47 Å². The molecule has 2 aromatic rings. The molecule has 0 atom stereocenters. The van der Waals surface area contributed by atoms with Crippen LogP contribution in [0.4, 0.5) is 8.78 Å². The van der Waals surface area contributed by atoms with Gasteiger partial charge in [0.1, 0.15) is 0 Å². The first-order chi connectivity index (χ1) is 11.5. The van der Waals surface area contributed by atoms with Gasteiger partial charge >= 0.3 is 0 Å². The van der Waals surface area contributed by atoms with Crippen LogP contribution < -0.4 is 5.56 Å². The lowest BCUT2D eigenvalue weighted by atomic mass is 10.2. The van der Waals surface area contributed by atoms with Gasteiger partial charge in [-0.05, 0) is 27.6 Å². The number of aryl methyl sites for hydroxylation is 1. The lowest BCUT2D eigenvalue weighted by Crippen LogP contribution is -2.35. The van der Waals surface area contributed by atoms with Crippen LogP contribution >= 0.6 is 15.9 Å². The summed E-state index contributed by atoms with van der Waals surface area (Å²) in [4.78, 5) is 25.2. The van der Waals surface area contributed by atoms with Crippen molar-refractivity contribution in [3.05, 3.63) is 69.1 Å². The number of pyridine rings is 1. The van der Waals surface area contributed by atoms with Crippen molar-refractivity contribution >= 4 is 21.8 Å². The number of halogens is 3. The van der Waals surface area contributed by atoms with Gasteiger partial charge in [0.05, 0.1) is 6.54 Å². The Morgan fingerprint density at radius 3 is 2.54 bits per heavy atom. The maximum absolute atomic E-state index is 12.8. The van der Waals surface area contributed by atoms with E-state index in [9.17, 15) is 18.4 Å². The minimum atomic E-state index is -2.61. The maximum Gasteiger partial charge on any atom is 0.255 e. The standard InChI is InChI=1S/C17H17BrF2N2O2/c18-14-6-7-16(23)21(11-14)9-8-17(24)22(12-15(19)20)10-13-4-2-1-3-5-13/h1-7,11,15H,8-10,12H2. The van der Waals surface area contributed by atoms with Crippen molar-refractivity contribution < 1.29 is 13.6 Å². The molecule has 0 aliphatic heterocycles. The molecule has 0 aliphatic carbocycles. The van der Waals surface area contributed by atoms with Gasteiger partial charge in [-0.15, -0.1) is 0 Å². The van der Waals surface area contributed by atoms with E-state index < -0.39 is 18.9 Å². The highest BCUT2D eigenvalue weighted by Gasteiger charge is 2.18. The molecule has 0 fully saturated rings. The summed E-state index contributed by atoms with van der Waals surface area (Å²) in [6.45, 7) is -0.357. The number of benzene rings is 1. The second kappa shape index (κ2) is 8.73. The summed E-state index contributed by atoms with van der Waals surface area (Å²) >= 11 is 3.26. The van der Waals surface area contributed by atoms with E-state index in [0.717, 1.165) is 10.5 Å². The number of amides is 1. The van der Waals surface area contributed by atoms with Crippen LogP contribution in [0.25, 0.3) is 0 Å². The zero-order chi connectivity index (χ0) is 17.5. The molecule has 0 bridgehead atoms. The molecule has 128 valence electrons. The molecule has 24 heavy (non-hydrogen) atoms. The first-order valence-corrected chi connectivity index (χ1v) is 8.21. The lowest BCUT2D eigenvalue weighted by Gasteiger charge is -2.22. The van der Waals surface area contributed by atoms with Crippen LogP contribution in [0.2, 0.25) is 0 Å². The molecule has 0 N–H and O–H groups in total. The Bertz CT molecular complexity index is 735. The normalized spacial score (nSPS) is 10.8. The van der Waals surface area contributed by atoms with Gasteiger partial charge in [0.25, 0.3) is 12.0 Å². The van der Waals surface area contributed by atoms with Crippen molar-refractivity contribution in [2.24, 2.45) is 0 Å². The molecular weight excluding hydrogens is 382 g/mol. The van der Waals surface area contributed by atoms with E-state index in [2.05, 4.69) is 15.9 Å². The van der Waals surface area contributed by atoms with E-state index in [4.69, 9.17) is 0 Å². The molecule has 0 saturated carbocycles. The van der Waals surface area contributed by atoms with Crippen molar-refractivity contribution in [2.45, 2.75) is 25.9 Å². The fraction of sp³-hybridized carbons (Fsp3) is 0.294. The van der Waals surface area contributed by atoms with Crippen LogP contribution in [0.3, 0.4) is 0 Å². The van der Waals surface area contributed by atoms with Gasteiger partial charge in [-0.25, -0.2) is 8.78 Å². The molecule has 1 amide bonds. The molecule has 2 rings (SSSR count). The van der Waals surface area contributed by atoms with E-state index in [1.807, 2.05) is 6.07 Å². The van der Waals surface area contributed by atoms with Crippen molar-refractivity contribution in [1.29, 1.82) is 0 Å². The monoisotopic (exact) mass is 398 g/mol. The molecule has 0 saturated heterocycles. The Labute approximate surface area is 146 Å². The second-order valence-corrected chi connectivity index (χ2v) is 6.20. The largest absolute Gasteiger partial charge is 0.333 e. The van der Waals surface area contributed by atoms with Crippen LogP contribution in [0.5, 0.6) is 0 Å². The summed E-state index contributed by atoms with van der Waals surface area (Å²) in [7, 11) is 0. The van der Waals surface area contributed by atoms with Crippen LogP contribution in [0, 0.1) is 0 Å². The third-order valence-electron chi connectivity index (χ3n) is 3.44. The molecule has 7 heteroatoms. The van der Waals surface area contributed by atoms with Gasteiger partial charge in [0.15, 0.2) is 0 Å². The zero-order valence-corrected chi connectivity index (χ0v) is 14.5. The topological polar surface area (TPSA) is 42.3 Å². The summed E-state index contributed by atoms with van der Waals surface area (Å²) in [5, 5.41) is 0. The van der Waals surface area contributed by atoms with Crippen molar-refractivity contribution in [3.8, 4) is 0 Å². The highest BCUT2D eigenvalue weighted by molar-refractivity contribution is 9.10. The number of rotatable bonds is 7. The molecule has 4 nitrogen and oxygen atoms in total. The van der Waals surface area contributed by atoms with Gasteiger partial charge in [-0.1, -0.05) is 30.3 Å². The predicted octanol–water partition coefficient (Wildman–Crippen LogP) is 3.29. The number of carbonyl (C=O) groups is 1. The molecule has 1 heterocycles. The van der Waals surface area contributed by atoms with Gasteiger partial charge < -0.3 is 9.47 Å². The number of hydrogen-bond acceptors (Lipinski definition) is 2. The van der Waals surface area contributed by atoms with E-state index in [1.165, 1.54) is 10.6 Å². The number of carbonyl (C=O) groups excluding carboxylic acids is 1. The van der Waals surface area contributed by atoms with Gasteiger partial charge in [-0.2, -0.15) is 0 Å².